The first-order valence-electron chi connectivity index (χ1n) is 13.2. The summed E-state index contributed by atoms with van der Waals surface area (Å²) >= 11 is 6.22. The molecule has 8 rings (SSSR count). The van der Waals surface area contributed by atoms with Crippen LogP contribution in [0.4, 0.5) is 11.4 Å². The van der Waals surface area contributed by atoms with E-state index in [1.54, 1.807) is 29.2 Å². The average Bonchev–Trinajstić information content (AvgIpc) is 3.57. The van der Waals surface area contributed by atoms with Crippen molar-refractivity contribution in [3.8, 4) is 5.75 Å². The van der Waals surface area contributed by atoms with Gasteiger partial charge < -0.3 is 9.64 Å². The summed E-state index contributed by atoms with van der Waals surface area (Å²) in [4.78, 5) is 55.4. The molecule has 2 heterocycles. The second kappa shape index (κ2) is 8.27. The minimum Gasteiger partial charge on any atom is -0.426 e. The van der Waals surface area contributed by atoms with Crippen LogP contribution in [0.2, 0.25) is 5.02 Å². The quantitative estimate of drug-likeness (QED) is 0.252. The monoisotopic (exact) mass is 530 g/mol. The molecule has 6 aliphatic rings. The summed E-state index contributed by atoms with van der Waals surface area (Å²) in [6.45, 7) is 3.91. The maximum atomic E-state index is 13.5. The molecule has 4 aliphatic carbocycles. The van der Waals surface area contributed by atoms with E-state index in [1.165, 1.54) is 4.90 Å². The molecule has 38 heavy (non-hydrogen) atoms. The van der Waals surface area contributed by atoms with Gasteiger partial charge >= 0.3 is 5.97 Å². The second-order valence-electron chi connectivity index (χ2n) is 11.4. The molecule has 7 nitrogen and oxygen atoms in total. The summed E-state index contributed by atoms with van der Waals surface area (Å²) in [7, 11) is 0. The van der Waals surface area contributed by atoms with Crippen molar-refractivity contribution in [1.29, 1.82) is 0 Å². The number of anilines is 2. The van der Waals surface area contributed by atoms with Gasteiger partial charge in [0.25, 0.3) is 0 Å². The Bertz CT molecular complexity index is 1430. The van der Waals surface area contributed by atoms with Gasteiger partial charge in [-0.3, -0.25) is 19.2 Å². The minimum atomic E-state index is -0.609. The highest BCUT2D eigenvalue weighted by Gasteiger charge is 2.67. The summed E-state index contributed by atoms with van der Waals surface area (Å²) in [5.74, 6) is -0.255. The number of halogens is 1. The predicted octanol–water partition coefficient (Wildman–Crippen LogP) is 4.47. The molecule has 2 bridgehead atoms. The van der Waals surface area contributed by atoms with Gasteiger partial charge in [-0.15, -0.1) is 0 Å². The van der Waals surface area contributed by atoms with Crippen LogP contribution in [0, 0.1) is 55.3 Å². The topological polar surface area (TPSA) is 84.0 Å². The number of hydrogen-bond acceptors (Lipinski definition) is 5. The van der Waals surface area contributed by atoms with Crippen molar-refractivity contribution in [1.82, 2.24) is 0 Å². The van der Waals surface area contributed by atoms with Gasteiger partial charge in [0.1, 0.15) is 5.75 Å². The number of esters is 1. The molecule has 3 amide bonds. The van der Waals surface area contributed by atoms with E-state index < -0.39 is 11.9 Å². The number of hydrogen-bond donors (Lipinski definition) is 0. The highest BCUT2D eigenvalue weighted by Crippen LogP contribution is 2.65. The molecule has 0 radical (unpaired) electrons. The van der Waals surface area contributed by atoms with Crippen LogP contribution in [0.5, 0.6) is 5.75 Å². The lowest BCUT2D eigenvalue weighted by atomic mass is 9.63. The third-order valence-electron chi connectivity index (χ3n) is 9.22. The number of amides is 3. The zero-order chi connectivity index (χ0) is 26.5. The number of imide groups is 1. The van der Waals surface area contributed by atoms with Crippen molar-refractivity contribution >= 4 is 46.7 Å². The number of rotatable bonds is 4. The minimum absolute atomic E-state index is 0.0549. The van der Waals surface area contributed by atoms with E-state index in [0.29, 0.717) is 39.5 Å². The van der Waals surface area contributed by atoms with Crippen molar-refractivity contribution < 1.29 is 23.9 Å². The lowest BCUT2D eigenvalue weighted by Crippen LogP contribution is -2.40. The fraction of sp³-hybridized carbons (Fsp3) is 0.400. The van der Waals surface area contributed by atoms with Gasteiger partial charge in [0.05, 0.1) is 23.4 Å². The molecule has 0 unspecified atom stereocenters. The van der Waals surface area contributed by atoms with E-state index in [2.05, 4.69) is 12.2 Å². The lowest BCUT2D eigenvalue weighted by molar-refractivity contribution is -0.139. The first-order valence-corrected chi connectivity index (χ1v) is 13.6. The Balaban J connectivity index is 1.06. The average molecular weight is 531 g/mol. The molecule has 2 saturated heterocycles. The molecule has 4 fully saturated rings. The second-order valence-corrected chi connectivity index (χ2v) is 11.8. The molecule has 2 aromatic carbocycles. The molecule has 0 spiro atoms. The van der Waals surface area contributed by atoms with Crippen molar-refractivity contribution in [2.75, 3.05) is 16.3 Å². The van der Waals surface area contributed by atoms with E-state index in [9.17, 15) is 19.2 Å². The van der Waals surface area contributed by atoms with E-state index in [-0.39, 0.29) is 54.4 Å². The Kier molecular flexibility index (Phi) is 5.15. The zero-order valence-electron chi connectivity index (χ0n) is 21.1. The first kappa shape index (κ1) is 23.7. The van der Waals surface area contributed by atoms with Gasteiger partial charge in [0.2, 0.25) is 17.7 Å². The van der Waals surface area contributed by atoms with Crippen LogP contribution in [0.15, 0.2) is 48.6 Å². The van der Waals surface area contributed by atoms with Gasteiger partial charge in [-0.1, -0.05) is 29.8 Å². The fourth-order valence-electron chi connectivity index (χ4n) is 7.20. The Morgan fingerprint density at radius 2 is 1.61 bits per heavy atom. The van der Waals surface area contributed by atoms with Crippen LogP contribution >= 0.6 is 11.6 Å². The van der Waals surface area contributed by atoms with Crippen LogP contribution in [0.1, 0.15) is 24.0 Å². The van der Waals surface area contributed by atoms with Crippen molar-refractivity contribution in [2.45, 2.75) is 26.7 Å². The normalized spacial score (nSPS) is 32.6. The smallest absolute Gasteiger partial charge is 0.316 e. The molecule has 2 aromatic rings. The number of nitrogens with zero attached hydrogens (tertiary/aromatic N) is 2. The molecule has 2 aliphatic heterocycles. The lowest BCUT2D eigenvalue weighted by Gasteiger charge is -2.37. The van der Waals surface area contributed by atoms with Gasteiger partial charge in [-0.25, -0.2) is 4.90 Å². The Hall–Kier alpha value is -3.45. The SMILES string of the molecule is Cc1ccc(N2C[C@H](C(=O)Oc3ccc(N4C(=O)[C@@H]5[C@H]6C=C[C@@H]([C@@H]7C[C@@H]67)[C@H]5C4=O)c(C)c3)CC2=O)cc1Cl. The first-order chi connectivity index (χ1) is 18.2. The number of carbonyl (C=O) groups is 4. The van der Waals surface area contributed by atoms with Gasteiger partial charge in [-0.2, -0.15) is 0 Å². The van der Waals surface area contributed by atoms with Crippen LogP contribution in [-0.2, 0) is 19.2 Å². The van der Waals surface area contributed by atoms with Crippen LogP contribution < -0.4 is 14.5 Å². The number of ether oxygens (including phenoxy) is 1. The van der Waals surface area contributed by atoms with Crippen molar-refractivity contribution in [2.24, 2.45) is 41.4 Å². The number of benzene rings is 2. The van der Waals surface area contributed by atoms with E-state index in [0.717, 1.165) is 12.0 Å². The van der Waals surface area contributed by atoms with Crippen LogP contribution in [0.3, 0.4) is 0 Å². The van der Waals surface area contributed by atoms with Gasteiger partial charge in [-0.05, 0) is 85.4 Å². The Morgan fingerprint density at radius 3 is 2.24 bits per heavy atom. The molecule has 7 atom stereocenters. The summed E-state index contributed by atoms with van der Waals surface area (Å²) in [6.07, 6.45) is 5.50. The van der Waals surface area contributed by atoms with Gasteiger partial charge in [0.15, 0.2) is 0 Å². The molecule has 194 valence electrons. The van der Waals surface area contributed by atoms with Crippen LogP contribution in [0.25, 0.3) is 0 Å². The largest absolute Gasteiger partial charge is 0.426 e. The van der Waals surface area contributed by atoms with E-state index in [4.69, 9.17) is 16.3 Å². The predicted molar refractivity (Wildman–Crippen MR) is 141 cm³/mol. The number of allylic oxidation sites excluding steroid dienone is 2. The summed E-state index contributed by atoms with van der Waals surface area (Å²) in [5, 5.41) is 0.562. The zero-order valence-corrected chi connectivity index (χ0v) is 21.9. The molecular weight excluding hydrogens is 504 g/mol. The molecule has 0 N–H and O–H groups in total. The standard InChI is InChI=1S/C30H27ClN2O5/c1-14-3-4-17(11-23(14)31)32-13-16(10-25(32)34)30(37)38-18-5-8-24(15(2)9-18)33-28(35)26-19-6-7-20(22-12-21(19)22)27(26)29(33)36/h3-9,11,16,19-22,26-27H,10,12-13H2,1-2H3/t16-,19+,20+,21+,22+,26-,27-/m1/s1. The van der Waals surface area contributed by atoms with Gasteiger partial charge in [0, 0.05) is 23.7 Å². The third-order valence-corrected chi connectivity index (χ3v) is 9.62. The summed E-state index contributed by atoms with van der Waals surface area (Å²) in [5.41, 5.74) is 2.79. The van der Waals surface area contributed by atoms with Crippen molar-refractivity contribution in [3.63, 3.8) is 0 Å². The van der Waals surface area contributed by atoms with Crippen LogP contribution in [-0.4, -0.2) is 30.2 Å². The molecule has 8 heteroatoms. The summed E-state index contributed by atoms with van der Waals surface area (Å²) < 4.78 is 5.64. The number of aryl methyl sites for hydroxylation is 2. The molecular formula is C30H27ClN2O5. The van der Waals surface area contributed by atoms with E-state index >= 15 is 0 Å². The molecule has 0 aromatic heterocycles. The van der Waals surface area contributed by atoms with E-state index in [1.807, 2.05) is 26.0 Å². The third kappa shape index (κ3) is 3.40. The molecule has 2 saturated carbocycles. The fourth-order valence-corrected chi connectivity index (χ4v) is 7.38. The maximum absolute atomic E-state index is 13.5. The highest BCUT2D eigenvalue weighted by atomic mass is 35.5. The van der Waals surface area contributed by atoms with Crippen molar-refractivity contribution in [3.05, 3.63) is 64.7 Å². The number of carbonyl (C=O) groups excluding carboxylic acids is 4. The highest BCUT2D eigenvalue weighted by molar-refractivity contribution is 6.31. The Labute approximate surface area is 225 Å². The Morgan fingerprint density at radius 1 is 0.921 bits per heavy atom. The summed E-state index contributed by atoms with van der Waals surface area (Å²) in [6, 6.07) is 10.4. The maximum Gasteiger partial charge on any atom is 0.316 e.